The van der Waals surface area contributed by atoms with Gasteiger partial charge < -0.3 is 9.90 Å². The average Bonchev–Trinajstić information content (AvgIpc) is 2.45. The summed E-state index contributed by atoms with van der Waals surface area (Å²) in [5.41, 5.74) is 0. The van der Waals surface area contributed by atoms with Crippen LogP contribution in [0, 0.1) is 0 Å². The summed E-state index contributed by atoms with van der Waals surface area (Å²) in [6.45, 7) is 5.28. The molecule has 0 saturated carbocycles. The fourth-order valence-corrected chi connectivity index (χ4v) is 4.40. The molecule has 0 atom stereocenters. The van der Waals surface area contributed by atoms with Gasteiger partial charge in [0.05, 0.1) is 0 Å². The fraction of sp³-hybridized carbons (Fsp3) is 0.944. The summed E-state index contributed by atoms with van der Waals surface area (Å²) in [4.78, 5) is 44.5. The van der Waals surface area contributed by atoms with Crippen molar-refractivity contribution in [2.75, 3.05) is 12.3 Å². The molecule has 0 saturated heterocycles. The number of carbonyl (C=O) groups excluding carboxylic acids is 1. The van der Waals surface area contributed by atoms with Crippen LogP contribution in [0.25, 0.3) is 0 Å². The predicted molar refractivity (Wildman–Crippen MR) is 94.1 cm³/mol. The first-order valence-corrected chi connectivity index (χ1v) is 11.9. The van der Waals surface area contributed by atoms with E-state index in [2.05, 4.69) is 13.8 Å². The van der Waals surface area contributed by atoms with Gasteiger partial charge in [-0.15, -0.1) is 0 Å². The Morgan fingerprint density at radius 1 is 0.680 bits per heavy atom. The molecule has 0 aliphatic heterocycles. The van der Waals surface area contributed by atoms with Crippen LogP contribution >= 0.6 is 7.28 Å². The van der Waals surface area contributed by atoms with Crippen LogP contribution in [-0.2, 0) is 26.5 Å². The maximum absolute atomic E-state index is 11.9. The number of carbonyl (C=O) groups is 1. The van der Waals surface area contributed by atoms with Gasteiger partial charge in [-0.2, -0.15) is 0 Å². The molecule has 0 aromatic rings. The monoisotopic (exact) mass is 412 g/mol. The third kappa shape index (κ3) is 29.5. The summed E-state index contributed by atoms with van der Waals surface area (Å²) in [5.74, 6) is -1.08. The number of hydrogen-bond acceptors (Lipinski definition) is 5. The minimum atomic E-state index is -5.06. The largest absolute Gasteiger partial charge is 4.00 e. The van der Waals surface area contributed by atoms with E-state index in [1.54, 1.807) is 0 Å². The number of hydrogen-bond donors (Lipinski definition) is 0. The normalized spacial score (nSPS) is 12.3. The molecule has 0 amide bonds. The van der Waals surface area contributed by atoms with Gasteiger partial charge in [-0.25, -0.2) is 0 Å². The molecule has 0 N–H and O–H groups in total. The van der Waals surface area contributed by atoms with Crippen molar-refractivity contribution in [3.05, 3.63) is 0 Å². The van der Waals surface area contributed by atoms with Crippen LogP contribution in [0.4, 0.5) is 0 Å². The summed E-state index contributed by atoms with van der Waals surface area (Å²) >= 11 is 0. The first-order valence-electron chi connectivity index (χ1n) is 9.50. The second-order valence-electron chi connectivity index (χ2n) is 6.70. The van der Waals surface area contributed by atoms with Gasteiger partial charge in [-0.3, -0.25) is 0 Å². The molecule has 0 rings (SSSR count). The Labute approximate surface area is 169 Å². The zero-order valence-electron chi connectivity index (χ0n) is 16.4. The summed E-state index contributed by atoms with van der Waals surface area (Å²) in [5, 5.41) is 8.89. The first-order chi connectivity index (χ1) is 11.1. The molecule has 7 heteroatoms. The smallest absolute Gasteiger partial charge is 4.00 e. The van der Waals surface area contributed by atoms with Crippen molar-refractivity contribution in [3.63, 3.8) is 0 Å². The minimum absolute atomic E-state index is 0. The molecule has 0 heterocycles. The number of carboxylic acid groups (broad SMARTS) is 1. The van der Waals surface area contributed by atoms with Crippen LogP contribution < -0.4 is 19.8 Å². The Bertz CT molecular complexity index is 282. The molecule has 0 aliphatic rings. The molecule has 0 bridgehead atoms. The molecule has 0 aromatic heterocycles. The van der Waals surface area contributed by atoms with Crippen molar-refractivity contribution in [1.82, 2.24) is 0 Å². The Balaban J connectivity index is -0.000000867. The Kier molecular flexibility index (Phi) is 21.6. The zero-order valence-corrected chi connectivity index (χ0v) is 18.8. The van der Waals surface area contributed by atoms with Crippen molar-refractivity contribution >= 4 is 13.3 Å². The third-order valence-electron chi connectivity index (χ3n) is 3.89. The summed E-state index contributed by atoms with van der Waals surface area (Å²) in [6, 6.07) is 0. The molecule has 148 valence electrons. The van der Waals surface area contributed by atoms with Crippen LogP contribution in [0.2, 0.25) is 0 Å². The van der Waals surface area contributed by atoms with Gasteiger partial charge >= 0.3 is 147 Å². The van der Waals surface area contributed by atoms with E-state index in [1.165, 1.54) is 25.7 Å². The molecule has 5 nitrogen and oxygen atoms in total. The van der Waals surface area contributed by atoms with Crippen LogP contribution in [0.5, 0.6) is 0 Å². The quantitative estimate of drug-likeness (QED) is 0.246. The Morgan fingerprint density at radius 3 is 1.20 bits per heavy atom. The van der Waals surface area contributed by atoms with E-state index in [1.807, 2.05) is 0 Å². The van der Waals surface area contributed by atoms with E-state index in [9.17, 15) is 14.7 Å². The summed E-state index contributed by atoms with van der Waals surface area (Å²) in [6.07, 6.45) is 11.8. The van der Waals surface area contributed by atoms with E-state index in [-0.39, 0.29) is 34.0 Å². The van der Waals surface area contributed by atoms with Crippen molar-refractivity contribution in [1.29, 1.82) is 0 Å². The number of carboxylic acids is 1. The maximum atomic E-state index is 11.9. The van der Waals surface area contributed by atoms with E-state index < -0.39 is 13.3 Å². The van der Waals surface area contributed by atoms with E-state index in [0.29, 0.717) is 12.8 Å². The fourth-order valence-electron chi connectivity index (χ4n) is 2.51. The van der Waals surface area contributed by atoms with Crippen molar-refractivity contribution in [3.8, 4) is 0 Å². The average molecular weight is 412 g/mol. The SMILES string of the molecule is CC(=O)[O-].CCCCCCCCP([O-])([O-])([O-])CCCCCCCC.[Ti+4]. The van der Waals surface area contributed by atoms with Crippen LogP contribution in [0.1, 0.15) is 97.8 Å². The van der Waals surface area contributed by atoms with Crippen LogP contribution in [0.15, 0.2) is 0 Å². The summed E-state index contributed by atoms with van der Waals surface area (Å²) < 4.78 is 0. The molecule has 0 aromatic carbocycles. The number of unbranched alkanes of at least 4 members (excludes halogenated alkanes) is 10. The Morgan fingerprint density at radius 2 is 0.920 bits per heavy atom. The molecule has 0 fully saturated rings. The predicted octanol–water partition coefficient (Wildman–Crippen LogP) is 1.84. The molecular formula is C18H37O5PTi. The molecule has 0 spiro atoms. The van der Waals surface area contributed by atoms with Crippen LogP contribution in [-0.4, -0.2) is 18.3 Å². The number of rotatable bonds is 14. The van der Waals surface area contributed by atoms with E-state index in [4.69, 9.17) is 9.90 Å². The zero-order chi connectivity index (χ0) is 18.9. The summed E-state index contributed by atoms with van der Waals surface area (Å²) in [7, 11) is -5.06. The maximum Gasteiger partial charge on any atom is 4.00 e. The molecule has 0 radical (unpaired) electrons. The van der Waals surface area contributed by atoms with Gasteiger partial charge in [0.2, 0.25) is 0 Å². The molecular weight excluding hydrogens is 375 g/mol. The number of aliphatic carboxylic acids is 1. The van der Waals surface area contributed by atoms with Gasteiger partial charge in [-0.05, 0) is 6.92 Å². The van der Waals surface area contributed by atoms with Gasteiger partial charge in [0.25, 0.3) is 0 Å². The second-order valence-corrected chi connectivity index (χ2v) is 10.0. The van der Waals surface area contributed by atoms with Gasteiger partial charge in [0.1, 0.15) is 0 Å². The standard InChI is InChI=1S/C16H34O3P.C2H4O2.Ti/c1-3-5-7-9-11-13-15-20(17,18,19)16-14-12-10-8-6-4-2;1-2(3)4;/h3-16H2,1-2H3;1H3,(H,3,4);/q-3;;+4/p-1. The van der Waals surface area contributed by atoms with Crippen LogP contribution in [0.3, 0.4) is 0 Å². The Hall–Kier alpha value is 0.494. The topological polar surface area (TPSA) is 109 Å². The second kappa shape index (κ2) is 17.9. The van der Waals surface area contributed by atoms with Gasteiger partial charge in [0.15, 0.2) is 0 Å². The molecule has 0 unspecified atom stereocenters. The van der Waals surface area contributed by atoms with Gasteiger partial charge in [-0.1, -0.05) is 0 Å². The molecule has 25 heavy (non-hydrogen) atoms. The van der Waals surface area contributed by atoms with E-state index >= 15 is 0 Å². The minimum Gasteiger partial charge on any atom is 4.00 e. The third-order valence-corrected chi connectivity index (χ3v) is 6.25. The van der Waals surface area contributed by atoms with Gasteiger partial charge in [0, 0.05) is 5.97 Å². The van der Waals surface area contributed by atoms with Crippen molar-refractivity contribution in [2.45, 2.75) is 97.8 Å². The van der Waals surface area contributed by atoms with Crippen molar-refractivity contribution < 1.29 is 46.3 Å². The van der Waals surface area contributed by atoms with E-state index in [0.717, 1.165) is 45.4 Å². The molecule has 0 aliphatic carbocycles. The first kappa shape index (κ1) is 30.2. The van der Waals surface area contributed by atoms with Crippen molar-refractivity contribution in [2.24, 2.45) is 0 Å².